The van der Waals surface area contributed by atoms with E-state index in [1.54, 1.807) is 0 Å². The number of hydrogen-bond donors (Lipinski definition) is 1. The van der Waals surface area contributed by atoms with Crippen LogP contribution in [0.3, 0.4) is 0 Å². The standard InChI is InChI=1S/C14H18F3NO/c15-14(16,17)10-19-9-12-4-2-1-3-11(12)7-8-18-13-5-6-13/h1-4,13,18H,5-10H2. The van der Waals surface area contributed by atoms with Gasteiger partial charge in [0, 0.05) is 6.04 Å². The van der Waals surface area contributed by atoms with Gasteiger partial charge in [0.15, 0.2) is 0 Å². The first-order valence-electron chi connectivity index (χ1n) is 6.49. The predicted octanol–water partition coefficient (Wildman–Crippen LogP) is 3.06. The van der Waals surface area contributed by atoms with E-state index in [0.717, 1.165) is 24.1 Å². The van der Waals surface area contributed by atoms with Gasteiger partial charge < -0.3 is 10.1 Å². The lowest BCUT2D eigenvalue weighted by Gasteiger charge is -2.12. The number of nitrogens with one attached hydrogen (secondary N) is 1. The van der Waals surface area contributed by atoms with Crippen LogP contribution in [0, 0.1) is 0 Å². The van der Waals surface area contributed by atoms with Gasteiger partial charge in [0.05, 0.1) is 6.61 Å². The van der Waals surface area contributed by atoms with Crippen molar-refractivity contribution in [1.29, 1.82) is 0 Å². The highest BCUT2D eigenvalue weighted by atomic mass is 19.4. The van der Waals surface area contributed by atoms with Gasteiger partial charge in [0.2, 0.25) is 0 Å². The first-order valence-corrected chi connectivity index (χ1v) is 6.49. The molecular formula is C14H18F3NO. The molecule has 106 valence electrons. The summed E-state index contributed by atoms with van der Waals surface area (Å²) in [5.74, 6) is 0. The summed E-state index contributed by atoms with van der Waals surface area (Å²) in [6.45, 7) is -0.318. The molecule has 1 N–H and O–H groups in total. The highest BCUT2D eigenvalue weighted by molar-refractivity contribution is 5.26. The smallest absolute Gasteiger partial charge is 0.367 e. The molecule has 2 rings (SSSR count). The van der Waals surface area contributed by atoms with E-state index in [2.05, 4.69) is 5.32 Å². The molecule has 0 spiro atoms. The van der Waals surface area contributed by atoms with Crippen LogP contribution >= 0.6 is 0 Å². The van der Waals surface area contributed by atoms with Crippen molar-refractivity contribution in [2.24, 2.45) is 0 Å². The molecule has 0 aliphatic heterocycles. The van der Waals surface area contributed by atoms with Crippen LogP contribution in [-0.4, -0.2) is 25.4 Å². The van der Waals surface area contributed by atoms with E-state index < -0.39 is 12.8 Å². The summed E-state index contributed by atoms with van der Waals surface area (Å²) in [6.07, 6.45) is -0.975. The topological polar surface area (TPSA) is 21.3 Å². The fraction of sp³-hybridized carbons (Fsp3) is 0.571. The van der Waals surface area contributed by atoms with Gasteiger partial charge in [0.1, 0.15) is 6.61 Å². The van der Waals surface area contributed by atoms with Gasteiger partial charge in [-0.3, -0.25) is 0 Å². The van der Waals surface area contributed by atoms with Crippen LogP contribution in [0.15, 0.2) is 24.3 Å². The highest BCUT2D eigenvalue weighted by Crippen LogP contribution is 2.19. The minimum Gasteiger partial charge on any atom is -0.367 e. The average Bonchev–Trinajstić information content (AvgIpc) is 3.13. The number of rotatable bonds is 7. The zero-order valence-electron chi connectivity index (χ0n) is 10.7. The molecule has 2 nitrogen and oxygen atoms in total. The van der Waals surface area contributed by atoms with Crippen molar-refractivity contribution in [3.8, 4) is 0 Å². The van der Waals surface area contributed by atoms with Crippen molar-refractivity contribution in [2.45, 2.75) is 38.1 Å². The van der Waals surface area contributed by atoms with Gasteiger partial charge in [-0.25, -0.2) is 0 Å². The van der Waals surface area contributed by atoms with E-state index in [4.69, 9.17) is 4.74 Å². The van der Waals surface area contributed by atoms with Crippen LogP contribution in [0.2, 0.25) is 0 Å². The van der Waals surface area contributed by atoms with E-state index in [9.17, 15) is 13.2 Å². The van der Waals surface area contributed by atoms with Crippen molar-refractivity contribution < 1.29 is 17.9 Å². The Morgan fingerprint density at radius 2 is 1.84 bits per heavy atom. The minimum atomic E-state index is -4.26. The van der Waals surface area contributed by atoms with Gasteiger partial charge in [-0.2, -0.15) is 13.2 Å². The van der Waals surface area contributed by atoms with Crippen molar-refractivity contribution in [3.05, 3.63) is 35.4 Å². The van der Waals surface area contributed by atoms with Gasteiger partial charge in [-0.05, 0) is 36.9 Å². The number of hydrogen-bond acceptors (Lipinski definition) is 2. The Balaban J connectivity index is 1.80. The summed E-state index contributed by atoms with van der Waals surface area (Å²) in [7, 11) is 0. The molecule has 19 heavy (non-hydrogen) atoms. The molecule has 1 aliphatic rings. The zero-order valence-corrected chi connectivity index (χ0v) is 10.7. The summed E-state index contributed by atoms with van der Waals surface area (Å²) in [6, 6.07) is 8.14. The third kappa shape index (κ3) is 5.61. The van der Waals surface area contributed by atoms with E-state index in [1.807, 2.05) is 24.3 Å². The summed E-state index contributed by atoms with van der Waals surface area (Å²) in [5, 5.41) is 3.39. The van der Waals surface area contributed by atoms with Crippen LogP contribution < -0.4 is 5.32 Å². The maximum Gasteiger partial charge on any atom is 0.411 e. The van der Waals surface area contributed by atoms with Crippen molar-refractivity contribution in [2.75, 3.05) is 13.2 Å². The summed E-state index contributed by atoms with van der Waals surface area (Å²) in [5.41, 5.74) is 1.89. The Morgan fingerprint density at radius 3 is 2.47 bits per heavy atom. The quantitative estimate of drug-likeness (QED) is 0.824. The lowest BCUT2D eigenvalue weighted by atomic mass is 10.1. The number of benzene rings is 1. The minimum absolute atomic E-state index is 0.0130. The zero-order chi connectivity index (χ0) is 13.7. The molecular weight excluding hydrogens is 255 g/mol. The normalized spacial score (nSPS) is 15.7. The van der Waals surface area contributed by atoms with Crippen LogP contribution in [0.4, 0.5) is 13.2 Å². The summed E-state index contributed by atoms with van der Waals surface area (Å²) >= 11 is 0. The Morgan fingerprint density at radius 1 is 1.16 bits per heavy atom. The number of ether oxygens (including phenoxy) is 1. The van der Waals surface area contributed by atoms with Gasteiger partial charge in [-0.15, -0.1) is 0 Å². The monoisotopic (exact) mass is 273 g/mol. The maximum atomic E-state index is 12.0. The number of halogens is 3. The molecule has 0 saturated heterocycles. The molecule has 0 atom stereocenters. The van der Waals surface area contributed by atoms with Crippen LogP contribution in [0.1, 0.15) is 24.0 Å². The Kier molecular flexibility index (Phi) is 4.82. The number of alkyl halides is 3. The average molecular weight is 273 g/mol. The first kappa shape index (κ1) is 14.3. The molecule has 0 unspecified atom stereocenters. The van der Waals surface area contributed by atoms with Crippen molar-refractivity contribution >= 4 is 0 Å². The molecule has 0 aromatic heterocycles. The van der Waals surface area contributed by atoms with Gasteiger partial charge in [0.25, 0.3) is 0 Å². The Hall–Kier alpha value is -1.07. The van der Waals surface area contributed by atoms with Gasteiger partial charge >= 0.3 is 6.18 Å². The van der Waals surface area contributed by atoms with E-state index in [-0.39, 0.29) is 6.61 Å². The first-order chi connectivity index (χ1) is 9.04. The molecule has 5 heteroatoms. The molecule has 1 aromatic carbocycles. The summed E-state index contributed by atoms with van der Waals surface area (Å²) in [4.78, 5) is 0. The van der Waals surface area contributed by atoms with Crippen molar-refractivity contribution in [1.82, 2.24) is 5.32 Å². The molecule has 0 amide bonds. The predicted molar refractivity (Wildman–Crippen MR) is 66.9 cm³/mol. The van der Waals surface area contributed by atoms with Crippen LogP contribution in [0.5, 0.6) is 0 Å². The molecule has 1 fully saturated rings. The van der Waals surface area contributed by atoms with E-state index in [0.29, 0.717) is 6.04 Å². The SMILES string of the molecule is FC(F)(F)COCc1ccccc1CCNC1CC1. The third-order valence-electron chi connectivity index (χ3n) is 3.05. The summed E-state index contributed by atoms with van der Waals surface area (Å²) < 4.78 is 40.8. The van der Waals surface area contributed by atoms with Crippen LogP contribution in [-0.2, 0) is 17.8 Å². The largest absolute Gasteiger partial charge is 0.411 e. The second-order valence-corrected chi connectivity index (χ2v) is 4.86. The molecule has 0 bridgehead atoms. The lowest BCUT2D eigenvalue weighted by Crippen LogP contribution is -2.20. The fourth-order valence-electron chi connectivity index (χ4n) is 1.92. The lowest BCUT2D eigenvalue weighted by molar-refractivity contribution is -0.176. The molecule has 0 heterocycles. The van der Waals surface area contributed by atoms with Crippen molar-refractivity contribution in [3.63, 3.8) is 0 Å². The van der Waals surface area contributed by atoms with E-state index >= 15 is 0 Å². The third-order valence-corrected chi connectivity index (χ3v) is 3.05. The van der Waals surface area contributed by atoms with E-state index in [1.165, 1.54) is 12.8 Å². The maximum absolute atomic E-state index is 12.0. The second kappa shape index (κ2) is 6.39. The second-order valence-electron chi connectivity index (χ2n) is 4.86. The van der Waals surface area contributed by atoms with Crippen LogP contribution in [0.25, 0.3) is 0 Å². The fourth-order valence-corrected chi connectivity index (χ4v) is 1.92. The molecule has 1 saturated carbocycles. The Labute approximate surface area is 111 Å². The highest BCUT2D eigenvalue weighted by Gasteiger charge is 2.27. The molecule has 1 aromatic rings. The van der Waals surface area contributed by atoms with Gasteiger partial charge in [-0.1, -0.05) is 24.3 Å². The molecule has 0 radical (unpaired) electrons. The molecule has 1 aliphatic carbocycles. The Bertz CT molecular complexity index is 402.